The van der Waals surface area contributed by atoms with Crippen LogP contribution in [0, 0.1) is 0 Å². The average molecular weight is 1560 g/mol. The number of nitrogens with one attached hydrogen (secondary N) is 2. The molecule has 616 valence electrons. The van der Waals surface area contributed by atoms with E-state index in [2.05, 4.69) is 10.6 Å². The minimum Gasteiger partial charge on any atom is -0.394 e. The molecular formula is C58H98N2O46. The fraction of sp³-hybridized carbons (Fsp3) is 0.966. The summed E-state index contributed by atoms with van der Waals surface area (Å²) in [7, 11) is 0. The van der Waals surface area contributed by atoms with Crippen LogP contribution < -0.4 is 10.6 Å². The monoisotopic (exact) mass is 1560 g/mol. The van der Waals surface area contributed by atoms with Crippen LogP contribution in [-0.4, -0.2) is 485 Å². The third-order valence-corrected chi connectivity index (χ3v) is 19.6. The van der Waals surface area contributed by atoms with Crippen molar-refractivity contribution in [2.24, 2.45) is 0 Å². The zero-order valence-corrected chi connectivity index (χ0v) is 56.2. The Bertz CT molecular complexity index is 2710. The third-order valence-electron chi connectivity index (χ3n) is 19.6. The molecule has 0 unspecified atom stereocenters. The van der Waals surface area contributed by atoms with E-state index in [4.69, 9.17) is 80.5 Å². The Morgan fingerprint density at radius 1 is 0.245 bits per heavy atom. The van der Waals surface area contributed by atoms with Gasteiger partial charge in [0.2, 0.25) is 11.8 Å². The number of carbonyl (C=O) groups is 2. The predicted molar refractivity (Wildman–Crippen MR) is 320 cm³/mol. The lowest BCUT2D eigenvalue weighted by Gasteiger charge is -2.51. The van der Waals surface area contributed by atoms with E-state index < -0.39 is 348 Å². The second-order valence-corrected chi connectivity index (χ2v) is 26.7. The first-order chi connectivity index (χ1) is 50.2. The van der Waals surface area contributed by atoms with E-state index in [1.54, 1.807) is 0 Å². The molecule has 29 N–H and O–H groups in total. The van der Waals surface area contributed by atoms with Gasteiger partial charge in [-0.3, -0.25) is 9.59 Å². The van der Waals surface area contributed by atoms with E-state index in [-0.39, 0.29) is 0 Å². The van der Waals surface area contributed by atoms with Crippen LogP contribution in [0.1, 0.15) is 13.8 Å². The number of ether oxygens (including phenoxy) is 17. The molecule has 9 aliphatic rings. The first kappa shape index (κ1) is 87.2. The first-order valence-electron chi connectivity index (χ1n) is 33.7. The molecular weight excluding hydrogens is 1460 g/mol. The number of amides is 2. The first-order valence-corrected chi connectivity index (χ1v) is 33.7. The molecule has 9 aliphatic heterocycles. The molecule has 0 spiro atoms. The average Bonchev–Trinajstić information content (AvgIpc) is 0.777. The summed E-state index contributed by atoms with van der Waals surface area (Å²) in [5.74, 6) is -1.72. The molecule has 0 aromatic heterocycles. The second kappa shape index (κ2) is 37.9. The minimum absolute atomic E-state index is 0.785. The summed E-state index contributed by atoms with van der Waals surface area (Å²) in [6, 6.07) is -3.56. The number of aliphatic hydroxyl groups excluding tert-OH is 27. The van der Waals surface area contributed by atoms with E-state index in [0.717, 1.165) is 13.8 Å². The maximum absolute atomic E-state index is 12.9. The van der Waals surface area contributed by atoms with E-state index in [0.29, 0.717) is 0 Å². The fourth-order valence-corrected chi connectivity index (χ4v) is 13.6. The summed E-state index contributed by atoms with van der Waals surface area (Å²) in [5, 5.41) is 302. The van der Waals surface area contributed by atoms with Crippen molar-refractivity contribution in [3.8, 4) is 0 Å². The highest BCUT2D eigenvalue weighted by atomic mass is 16.8. The molecule has 9 heterocycles. The Labute approximate surface area is 598 Å². The minimum atomic E-state index is -2.57. The van der Waals surface area contributed by atoms with Crippen LogP contribution in [0.3, 0.4) is 0 Å². The van der Waals surface area contributed by atoms with Gasteiger partial charge in [-0.2, -0.15) is 0 Å². The number of aliphatic hydroxyl groups is 27. The predicted octanol–water partition coefficient (Wildman–Crippen LogP) is -20.3. The maximum Gasteiger partial charge on any atom is 0.217 e. The van der Waals surface area contributed by atoms with E-state index in [1.807, 2.05) is 0 Å². The van der Waals surface area contributed by atoms with Gasteiger partial charge in [0, 0.05) is 13.8 Å². The Hall–Kier alpha value is -2.82. The zero-order valence-electron chi connectivity index (χ0n) is 56.2. The Morgan fingerprint density at radius 3 is 0.906 bits per heavy atom. The van der Waals surface area contributed by atoms with E-state index in [9.17, 15) is 147 Å². The highest BCUT2D eigenvalue weighted by Crippen LogP contribution is 2.40. The molecule has 0 radical (unpaired) electrons. The number of hydrogen-bond donors (Lipinski definition) is 29. The largest absolute Gasteiger partial charge is 0.394 e. The topological polar surface area (TPSA) is 761 Å². The van der Waals surface area contributed by atoms with Crippen molar-refractivity contribution in [1.29, 1.82) is 0 Å². The summed E-state index contributed by atoms with van der Waals surface area (Å²) < 4.78 is 99.0. The quantitative estimate of drug-likeness (QED) is 0.0363. The molecule has 9 rings (SSSR count). The molecule has 9 fully saturated rings. The highest BCUT2D eigenvalue weighted by Gasteiger charge is 2.61. The maximum atomic E-state index is 12.9. The van der Waals surface area contributed by atoms with Crippen LogP contribution in [0.5, 0.6) is 0 Å². The molecule has 106 heavy (non-hydrogen) atoms. The standard InChI is InChI=1S/C58H98N2O46/c1-12(69)59-23-32(78)43(20(9-67)91-50(23)89)100-51-24(60-13(2)70)33(79)44(21(10-68)98-51)101-55-42(88)46(103-57-49(38(84)29(75)17(6-64)96-57)106-58-48(37(83)28(74)18(7-65)97-58)105-54-40(86)35(81)26(72)15(4-62)94-54)31(77)22(99-55)11-90-52-41(87)45(30(76)19(8-66)92-52)102-56-47(36(82)27(73)16(5-63)95-56)104-53-39(85)34(80)25(71)14(3-61)93-53/h14-58,61-68,71-89H,3-11H2,1-2H3,(H,59,69)(H,60,70)/t14-,15-,16-,17-,18-,19-,20-,21-,22-,23-,24-,25-,26-,27-,28-,29-,30-,31-,32-,33-,34+,35+,36+,37+,38+,39+,40+,41+,42+,43-,44-,45+,46+,47+,48+,49+,50-,51+,52+,53-,54-,55+,56-,57-,58-/m1/s1. The summed E-state index contributed by atoms with van der Waals surface area (Å²) in [6.45, 7) is -7.92. The van der Waals surface area contributed by atoms with Gasteiger partial charge in [-0.1, -0.05) is 0 Å². The van der Waals surface area contributed by atoms with Crippen LogP contribution >= 0.6 is 0 Å². The van der Waals surface area contributed by atoms with Gasteiger partial charge >= 0.3 is 0 Å². The molecule has 45 atom stereocenters. The molecule has 9 saturated heterocycles. The summed E-state index contributed by atoms with van der Waals surface area (Å²) in [6.07, 6.45) is -91.0. The van der Waals surface area contributed by atoms with Crippen LogP contribution in [0.25, 0.3) is 0 Å². The van der Waals surface area contributed by atoms with E-state index in [1.165, 1.54) is 0 Å². The fourth-order valence-electron chi connectivity index (χ4n) is 13.6. The number of hydrogen-bond acceptors (Lipinski definition) is 46. The molecule has 48 nitrogen and oxygen atoms in total. The van der Waals surface area contributed by atoms with Crippen LogP contribution in [-0.2, 0) is 90.1 Å². The van der Waals surface area contributed by atoms with Crippen molar-refractivity contribution in [3.63, 3.8) is 0 Å². The van der Waals surface area contributed by atoms with Crippen LogP contribution in [0.15, 0.2) is 0 Å². The summed E-state index contributed by atoms with van der Waals surface area (Å²) in [5.41, 5.74) is 0. The highest BCUT2D eigenvalue weighted by molar-refractivity contribution is 5.73. The van der Waals surface area contributed by atoms with Crippen LogP contribution in [0.4, 0.5) is 0 Å². The zero-order chi connectivity index (χ0) is 77.9. The van der Waals surface area contributed by atoms with Gasteiger partial charge in [0.1, 0.15) is 220 Å². The lowest BCUT2D eigenvalue weighted by molar-refractivity contribution is -0.408. The van der Waals surface area contributed by atoms with Gasteiger partial charge in [-0.15, -0.1) is 0 Å². The lowest BCUT2D eigenvalue weighted by Crippen LogP contribution is -2.70. The molecule has 48 heteroatoms. The molecule has 2 amide bonds. The Kier molecular flexibility index (Phi) is 31.1. The van der Waals surface area contributed by atoms with Crippen molar-refractivity contribution in [2.75, 3.05) is 59.5 Å². The van der Waals surface area contributed by atoms with Crippen molar-refractivity contribution in [2.45, 2.75) is 290 Å². The summed E-state index contributed by atoms with van der Waals surface area (Å²) in [4.78, 5) is 25.0. The van der Waals surface area contributed by atoms with Gasteiger partial charge in [-0.05, 0) is 0 Å². The van der Waals surface area contributed by atoms with Gasteiger partial charge in [0.25, 0.3) is 0 Å². The lowest BCUT2D eigenvalue weighted by atomic mass is 9.94. The van der Waals surface area contributed by atoms with Gasteiger partial charge in [0.05, 0.1) is 59.5 Å². The van der Waals surface area contributed by atoms with Gasteiger partial charge in [0.15, 0.2) is 56.6 Å². The molecule has 0 bridgehead atoms. The van der Waals surface area contributed by atoms with Crippen molar-refractivity contribution in [3.05, 3.63) is 0 Å². The molecule has 0 aliphatic carbocycles. The Morgan fingerprint density at radius 2 is 0.509 bits per heavy atom. The molecule has 0 saturated carbocycles. The van der Waals surface area contributed by atoms with Crippen molar-refractivity contribution < 1.29 is 228 Å². The smallest absolute Gasteiger partial charge is 0.217 e. The second-order valence-electron chi connectivity index (χ2n) is 26.7. The number of rotatable bonds is 27. The van der Waals surface area contributed by atoms with E-state index >= 15 is 0 Å². The van der Waals surface area contributed by atoms with Gasteiger partial charge < -0.3 is 229 Å². The Balaban J connectivity index is 1.04. The number of carbonyl (C=O) groups excluding carboxylic acids is 2. The normalized spacial score (nSPS) is 51.2. The van der Waals surface area contributed by atoms with Crippen molar-refractivity contribution in [1.82, 2.24) is 10.6 Å². The summed E-state index contributed by atoms with van der Waals surface area (Å²) >= 11 is 0. The SMILES string of the molecule is CC(=O)N[C@@H]1[C@@H](O)[C@H](O[C@@H]2O[C@H](CO)[C@@H](O[C@@H]3O[C@H](CO[C@H]4O[C@H](CO)[C@@H](O)[C@H](O[C@H]5O[C@H](CO)[C@@H](O)[C@H](O)[C@@H]5O[C@H]5O[C@H](CO)[C@@H](O)[C@H](O)[C@@H]5O)[C@@H]4O)[C@@H](O)[C@H](O[C@H]4O[C@H](CO)[C@@H](O)[C@H](O)[C@@H]4O[C@H]4O[C@H](CO)[C@@H](O)[C@H](O)[C@@H]4O[C@H]4O[C@H](CO)[C@@H](O)[C@H](O)[C@@H]4O)[C@@H]3O)[C@H](O)[C@H]2NC(C)=O)[C@@H](CO)O[C@H]1O. The van der Waals surface area contributed by atoms with Crippen LogP contribution in [0.2, 0.25) is 0 Å². The third kappa shape index (κ3) is 18.5. The van der Waals surface area contributed by atoms with Crippen molar-refractivity contribution >= 4 is 11.8 Å². The van der Waals surface area contributed by atoms with Gasteiger partial charge in [-0.25, -0.2) is 0 Å². The molecule has 0 aromatic carbocycles. The molecule has 0 aromatic rings.